The maximum absolute atomic E-state index is 12.0. The van der Waals surface area contributed by atoms with Gasteiger partial charge < -0.3 is 10.1 Å². The average molecular weight is 388 g/mol. The van der Waals surface area contributed by atoms with Gasteiger partial charge in [0.15, 0.2) is 12.3 Å². The Kier molecular flexibility index (Phi) is 6.04. The third kappa shape index (κ3) is 4.17. The lowest BCUT2D eigenvalue weighted by Crippen LogP contribution is -2.22. The average Bonchev–Trinajstić information content (AvgIpc) is 2.55. The van der Waals surface area contributed by atoms with Crippen LogP contribution in [0.2, 0.25) is 15.1 Å². The van der Waals surface area contributed by atoms with E-state index < -0.39 is 18.5 Å². The van der Waals surface area contributed by atoms with Gasteiger partial charge in [0.25, 0.3) is 5.91 Å². The summed E-state index contributed by atoms with van der Waals surface area (Å²) in [5, 5.41) is 2.67. The third-order valence-corrected chi connectivity index (χ3v) is 4.56. The van der Waals surface area contributed by atoms with E-state index in [-0.39, 0.29) is 20.8 Å². The maximum Gasteiger partial charge on any atom is 0.359 e. The van der Waals surface area contributed by atoms with Crippen LogP contribution in [0.3, 0.4) is 0 Å². The van der Waals surface area contributed by atoms with E-state index in [2.05, 4.69) is 10.3 Å². The molecule has 1 aromatic heterocycles. The van der Waals surface area contributed by atoms with Gasteiger partial charge in [0.2, 0.25) is 0 Å². The highest BCUT2D eigenvalue weighted by Gasteiger charge is 2.19. The Balaban J connectivity index is 2.00. The molecule has 8 heteroatoms. The Bertz CT molecular complexity index is 809. The molecule has 2 aromatic rings. The zero-order valence-corrected chi connectivity index (χ0v) is 15.1. The summed E-state index contributed by atoms with van der Waals surface area (Å²) in [4.78, 5) is 27.7. The van der Waals surface area contributed by atoms with Gasteiger partial charge in [-0.05, 0) is 31.0 Å². The van der Waals surface area contributed by atoms with Crippen LogP contribution in [0.25, 0.3) is 0 Å². The van der Waals surface area contributed by atoms with E-state index in [1.807, 2.05) is 26.0 Å². The van der Waals surface area contributed by atoms with Crippen molar-refractivity contribution in [2.24, 2.45) is 0 Å². The number of nitrogens with one attached hydrogen (secondary N) is 1. The van der Waals surface area contributed by atoms with Crippen molar-refractivity contribution in [3.05, 3.63) is 56.3 Å². The van der Waals surface area contributed by atoms with Crippen molar-refractivity contribution in [3.63, 3.8) is 0 Å². The van der Waals surface area contributed by atoms with Crippen LogP contribution in [-0.4, -0.2) is 23.5 Å². The molecule has 5 nitrogen and oxygen atoms in total. The molecule has 0 radical (unpaired) electrons. The normalized spacial score (nSPS) is 10.4. The van der Waals surface area contributed by atoms with Crippen LogP contribution in [-0.2, 0) is 9.53 Å². The van der Waals surface area contributed by atoms with Gasteiger partial charge in [0, 0.05) is 11.9 Å². The fourth-order valence-electron chi connectivity index (χ4n) is 1.86. The van der Waals surface area contributed by atoms with Crippen LogP contribution in [0.1, 0.15) is 21.6 Å². The van der Waals surface area contributed by atoms with Gasteiger partial charge in [0.05, 0.1) is 15.1 Å². The number of carbonyl (C=O) groups excluding carboxylic acids is 2. The fourth-order valence-corrected chi connectivity index (χ4v) is 2.42. The van der Waals surface area contributed by atoms with Crippen LogP contribution in [0, 0.1) is 13.8 Å². The number of hydrogen-bond donors (Lipinski definition) is 1. The van der Waals surface area contributed by atoms with Gasteiger partial charge in [0.1, 0.15) is 0 Å². The first kappa shape index (κ1) is 18.5. The summed E-state index contributed by atoms with van der Waals surface area (Å²) < 4.78 is 4.91. The van der Waals surface area contributed by atoms with Gasteiger partial charge >= 0.3 is 5.97 Å². The Morgan fingerprint density at radius 1 is 1.17 bits per heavy atom. The first-order chi connectivity index (χ1) is 11.3. The maximum atomic E-state index is 12.0. The second-order valence-electron chi connectivity index (χ2n) is 4.95. The van der Waals surface area contributed by atoms with Gasteiger partial charge in [-0.2, -0.15) is 0 Å². The lowest BCUT2D eigenvalue weighted by Gasteiger charge is -2.11. The minimum atomic E-state index is -0.866. The molecule has 0 bridgehead atoms. The third-order valence-electron chi connectivity index (χ3n) is 3.32. The number of halogens is 3. The Hall–Kier alpha value is -1.82. The summed E-state index contributed by atoms with van der Waals surface area (Å²) in [6, 6.07) is 5.52. The zero-order valence-electron chi connectivity index (χ0n) is 12.8. The molecule has 0 fully saturated rings. The van der Waals surface area contributed by atoms with Crippen LogP contribution >= 0.6 is 34.8 Å². The van der Waals surface area contributed by atoms with Crippen LogP contribution in [0.5, 0.6) is 0 Å². The fraction of sp³-hybridized carbons (Fsp3) is 0.188. The second kappa shape index (κ2) is 7.83. The Labute approximate surface area is 153 Å². The number of nitrogens with zero attached hydrogens (tertiary/aromatic N) is 1. The predicted octanol–water partition coefficient (Wildman–Crippen LogP) is 4.45. The van der Waals surface area contributed by atoms with E-state index in [1.165, 1.54) is 6.20 Å². The number of ether oxygens (including phenoxy) is 1. The van der Waals surface area contributed by atoms with Crippen LogP contribution in [0.4, 0.5) is 5.69 Å². The number of rotatable bonds is 4. The predicted molar refractivity (Wildman–Crippen MR) is 94.1 cm³/mol. The van der Waals surface area contributed by atoms with Gasteiger partial charge in [-0.15, -0.1) is 0 Å². The zero-order chi connectivity index (χ0) is 17.9. The molecule has 126 valence electrons. The molecule has 0 unspecified atom stereocenters. The SMILES string of the molecule is Cc1cccc(NC(=O)COC(=O)c2ncc(Cl)c(Cl)c2Cl)c1C. The number of pyridine rings is 1. The molecule has 1 N–H and O–H groups in total. The standard InChI is InChI=1S/C16H13Cl3N2O3/c1-8-4-3-5-11(9(8)2)21-12(22)7-24-16(23)15-14(19)13(18)10(17)6-20-15/h3-6H,7H2,1-2H3,(H,21,22). The number of esters is 1. The lowest BCUT2D eigenvalue weighted by molar-refractivity contribution is -0.119. The molecule has 0 aliphatic heterocycles. The van der Waals surface area contributed by atoms with Gasteiger partial charge in [-0.1, -0.05) is 46.9 Å². The van der Waals surface area contributed by atoms with E-state index >= 15 is 0 Å². The summed E-state index contributed by atoms with van der Waals surface area (Å²) in [5.41, 5.74) is 2.43. The molecular formula is C16H13Cl3N2O3. The number of amides is 1. The van der Waals surface area contributed by atoms with E-state index in [4.69, 9.17) is 39.5 Å². The van der Waals surface area contributed by atoms with Crippen molar-refractivity contribution in [1.29, 1.82) is 0 Å². The number of hydrogen-bond acceptors (Lipinski definition) is 4. The van der Waals surface area contributed by atoms with Crippen molar-refractivity contribution >= 4 is 52.4 Å². The molecule has 0 saturated heterocycles. The summed E-state index contributed by atoms with van der Waals surface area (Å²) in [6.45, 7) is 3.34. The molecule has 2 rings (SSSR count). The molecule has 0 saturated carbocycles. The van der Waals surface area contributed by atoms with Crippen molar-refractivity contribution in [1.82, 2.24) is 4.98 Å². The summed E-state index contributed by atoms with van der Waals surface area (Å²) in [7, 11) is 0. The summed E-state index contributed by atoms with van der Waals surface area (Å²) >= 11 is 17.5. The topological polar surface area (TPSA) is 68.3 Å². The van der Waals surface area contributed by atoms with Crippen molar-refractivity contribution in [3.8, 4) is 0 Å². The van der Waals surface area contributed by atoms with Crippen LogP contribution in [0.15, 0.2) is 24.4 Å². The number of aromatic nitrogens is 1. The molecule has 24 heavy (non-hydrogen) atoms. The molecule has 0 atom stereocenters. The number of benzene rings is 1. The van der Waals surface area contributed by atoms with E-state index in [0.29, 0.717) is 5.69 Å². The van der Waals surface area contributed by atoms with E-state index in [0.717, 1.165) is 11.1 Å². The highest BCUT2D eigenvalue weighted by molar-refractivity contribution is 6.48. The highest BCUT2D eigenvalue weighted by atomic mass is 35.5. The van der Waals surface area contributed by atoms with E-state index in [1.54, 1.807) is 6.07 Å². The summed E-state index contributed by atoms with van der Waals surface area (Å²) in [6.07, 6.45) is 1.18. The molecule has 1 amide bonds. The number of aryl methyl sites for hydroxylation is 1. The first-order valence-electron chi connectivity index (χ1n) is 6.84. The number of anilines is 1. The molecule has 0 spiro atoms. The highest BCUT2D eigenvalue weighted by Crippen LogP contribution is 2.31. The number of carbonyl (C=O) groups is 2. The first-order valence-corrected chi connectivity index (χ1v) is 7.97. The molecular weight excluding hydrogens is 375 g/mol. The smallest absolute Gasteiger partial charge is 0.359 e. The van der Waals surface area contributed by atoms with E-state index in [9.17, 15) is 9.59 Å². The summed E-state index contributed by atoms with van der Waals surface area (Å²) in [5.74, 6) is -1.34. The Morgan fingerprint density at radius 2 is 1.88 bits per heavy atom. The molecule has 0 aliphatic carbocycles. The second-order valence-corrected chi connectivity index (χ2v) is 6.12. The van der Waals surface area contributed by atoms with Crippen molar-refractivity contribution in [2.75, 3.05) is 11.9 Å². The molecule has 0 aliphatic rings. The van der Waals surface area contributed by atoms with Crippen molar-refractivity contribution in [2.45, 2.75) is 13.8 Å². The largest absolute Gasteiger partial charge is 0.451 e. The Morgan fingerprint density at radius 3 is 2.58 bits per heavy atom. The van der Waals surface area contributed by atoms with Crippen molar-refractivity contribution < 1.29 is 14.3 Å². The van der Waals surface area contributed by atoms with Gasteiger partial charge in [-0.3, -0.25) is 4.79 Å². The lowest BCUT2D eigenvalue weighted by atomic mass is 10.1. The quantitative estimate of drug-likeness (QED) is 0.787. The van der Waals surface area contributed by atoms with Gasteiger partial charge in [-0.25, -0.2) is 9.78 Å². The minimum absolute atomic E-state index is 0.000112. The molecule has 1 aromatic carbocycles. The monoisotopic (exact) mass is 386 g/mol. The molecule has 1 heterocycles. The van der Waals surface area contributed by atoms with Crippen LogP contribution < -0.4 is 5.32 Å². The minimum Gasteiger partial charge on any atom is -0.451 e.